The summed E-state index contributed by atoms with van der Waals surface area (Å²) < 4.78 is 7.28. The fraction of sp³-hybridized carbons (Fsp3) is 0.375. The van der Waals surface area contributed by atoms with Gasteiger partial charge in [0.05, 0.1) is 29.0 Å². The summed E-state index contributed by atoms with van der Waals surface area (Å²) in [6.07, 6.45) is 4.25. The van der Waals surface area contributed by atoms with Crippen molar-refractivity contribution in [3.05, 3.63) is 58.9 Å². The Bertz CT molecular complexity index is 1080. The lowest BCUT2D eigenvalue weighted by molar-refractivity contribution is -0.113. The Hall–Kier alpha value is -2.80. The number of para-hydroxylation sites is 3. The van der Waals surface area contributed by atoms with Crippen molar-refractivity contribution in [3.63, 3.8) is 0 Å². The molecule has 0 atom stereocenters. The minimum atomic E-state index is -0.169. The molecule has 0 aliphatic heterocycles. The molecule has 2 aromatic carbocycles. The van der Waals surface area contributed by atoms with E-state index in [2.05, 4.69) is 17.2 Å². The average molecular weight is 440 g/mol. The van der Waals surface area contributed by atoms with Gasteiger partial charge >= 0.3 is 0 Å². The van der Waals surface area contributed by atoms with Gasteiger partial charge in [-0.05, 0) is 37.6 Å². The van der Waals surface area contributed by atoms with Crippen LogP contribution in [0.5, 0.6) is 5.75 Å². The molecule has 164 valence electrons. The monoisotopic (exact) mass is 439 g/mol. The summed E-state index contributed by atoms with van der Waals surface area (Å²) in [6, 6.07) is 14.7. The zero-order valence-electron chi connectivity index (χ0n) is 18.1. The Morgan fingerprint density at radius 3 is 2.65 bits per heavy atom. The molecule has 3 rings (SSSR count). The molecule has 1 aromatic heterocycles. The number of benzene rings is 2. The molecule has 31 heavy (non-hydrogen) atoms. The lowest BCUT2D eigenvalue weighted by Gasteiger charge is -2.14. The zero-order valence-corrected chi connectivity index (χ0v) is 18.9. The van der Waals surface area contributed by atoms with Crippen LogP contribution in [0.3, 0.4) is 0 Å². The van der Waals surface area contributed by atoms with Crippen LogP contribution in [0, 0.1) is 0 Å². The largest absolute Gasteiger partial charge is 0.492 e. The first-order chi connectivity index (χ1) is 15.1. The fourth-order valence-corrected chi connectivity index (χ4v) is 4.14. The minimum Gasteiger partial charge on any atom is -0.492 e. The van der Waals surface area contributed by atoms with Crippen molar-refractivity contribution in [2.24, 2.45) is 0 Å². The molecule has 1 N–H and O–H groups in total. The van der Waals surface area contributed by atoms with Crippen molar-refractivity contribution >= 4 is 34.3 Å². The standard InChI is InChI=1S/C24H29N3O3S/c1-3-5-6-11-16-27-23(29)18-12-7-8-13-19(18)26-24(27)31-17-22(28)25-20-14-9-10-15-21(20)30-4-2/h7-10,12-15H,3-6,11,16-17H2,1-2H3,(H,25,28). The number of carbonyl (C=O) groups is 1. The Morgan fingerprint density at radius 2 is 1.84 bits per heavy atom. The quantitative estimate of drug-likeness (QED) is 0.255. The highest BCUT2D eigenvalue weighted by molar-refractivity contribution is 7.99. The Kier molecular flexibility index (Phi) is 8.53. The third kappa shape index (κ3) is 6.10. The summed E-state index contributed by atoms with van der Waals surface area (Å²) >= 11 is 1.29. The Labute approximate surface area is 187 Å². The van der Waals surface area contributed by atoms with Gasteiger partial charge in [-0.3, -0.25) is 14.2 Å². The zero-order chi connectivity index (χ0) is 22.1. The number of unbranched alkanes of at least 4 members (excludes halogenated alkanes) is 3. The van der Waals surface area contributed by atoms with Gasteiger partial charge in [-0.2, -0.15) is 0 Å². The lowest BCUT2D eigenvalue weighted by Crippen LogP contribution is -2.24. The molecular weight excluding hydrogens is 410 g/mol. The van der Waals surface area contributed by atoms with Gasteiger partial charge in [0.15, 0.2) is 5.16 Å². The molecule has 6 nitrogen and oxygen atoms in total. The average Bonchev–Trinajstić information content (AvgIpc) is 2.78. The normalized spacial score (nSPS) is 10.9. The highest BCUT2D eigenvalue weighted by Crippen LogP contribution is 2.25. The van der Waals surface area contributed by atoms with Crippen molar-refractivity contribution in [1.29, 1.82) is 0 Å². The van der Waals surface area contributed by atoms with E-state index in [0.29, 0.717) is 40.6 Å². The van der Waals surface area contributed by atoms with Crippen molar-refractivity contribution in [2.75, 3.05) is 17.7 Å². The predicted molar refractivity (Wildman–Crippen MR) is 127 cm³/mol. The maximum absolute atomic E-state index is 13.1. The second-order valence-corrected chi connectivity index (χ2v) is 8.14. The van der Waals surface area contributed by atoms with E-state index in [-0.39, 0.29) is 17.2 Å². The smallest absolute Gasteiger partial charge is 0.262 e. The molecular formula is C24H29N3O3S. The van der Waals surface area contributed by atoms with Crippen LogP contribution in [0.2, 0.25) is 0 Å². The number of nitrogens with one attached hydrogen (secondary N) is 1. The molecule has 7 heteroatoms. The van der Waals surface area contributed by atoms with Crippen LogP contribution in [0.15, 0.2) is 58.5 Å². The fourth-order valence-electron chi connectivity index (χ4n) is 3.32. The third-order valence-electron chi connectivity index (χ3n) is 4.86. The van der Waals surface area contributed by atoms with E-state index in [4.69, 9.17) is 4.74 Å². The van der Waals surface area contributed by atoms with Gasteiger partial charge in [-0.25, -0.2) is 4.98 Å². The lowest BCUT2D eigenvalue weighted by atomic mass is 10.2. The van der Waals surface area contributed by atoms with Gasteiger partial charge in [0.2, 0.25) is 5.91 Å². The van der Waals surface area contributed by atoms with Crippen LogP contribution in [0.4, 0.5) is 5.69 Å². The van der Waals surface area contributed by atoms with Gasteiger partial charge in [0, 0.05) is 6.54 Å². The first kappa shape index (κ1) is 22.9. The van der Waals surface area contributed by atoms with Gasteiger partial charge in [0.1, 0.15) is 5.75 Å². The molecule has 0 aliphatic rings. The van der Waals surface area contributed by atoms with E-state index in [1.807, 2.05) is 49.4 Å². The number of carbonyl (C=O) groups excluding carboxylic acids is 1. The summed E-state index contributed by atoms with van der Waals surface area (Å²) in [6.45, 7) is 5.19. The molecule has 0 saturated carbocycles. The van der Waals surface area contributed by atoms with E-state index >= 15 is 0 Å². The summed E-state index contributed by atoms with van der Waals surface area (Å²) in [5.74, 6) is 0.623. The molecule has 0 fully saturated rings. The highest BCUT2D eigenvalue weighted by atomic mass is 32.2. The number of thioether (sulfide) groups is 1. The molecule has 0 saturated heterocycles. The Morgan fingerprint density at radius 1 is 1.06 bits per heavy atom. The first-order valence-corrected chi connectivity index (χ1v) is 11.8. The summed E-state index contributed by atoms with van der Waals surface area (Å²) in [5, 5.41) is 4.08. The van der Waals surface area contributed by atoms with Crippen molar-refractivity contribution < 1.29 is 9.53 Å². The number of aromatic nitrogens is 2. The van der Waals surface area contributed by atoms with Gasteiger partial charge in [-0.1, -0.05) is 62.2 Å². The summed E-state index contributed by atoms with van der Waals surface area (Å²) in [7, 11) is 0. The minimum absolute atomic E-state index is 0.0494. The number of amides is 1. The van der Waals surface area contributed by atoms with Gasteiger partial charge in [0.25, 0.3) is 5.56 Å². The summed E-state index contributed by atoms with van der Waals surface area (Å²) in [4.78, 5) is 30.3. The van der Waals surface area contributed by atoms with E-state index in [9.17, 15) is 9.59 Å². The molecule has 1 amide bonds. The molecule has 0 aliphatic carbocycles. The first-order valence-electron chi connectivity index (χ1n) is 10.8. The molecule has 0 unspecified atom stereocenters. The van der Waals surface area contributed by atoms with Crippen LogP contribution in [-0.4, -0.2) is 27.8 Å². The number of anilines is 1. The molecule has 0 radical (unpaired) electrons. The summed E-state index contributed by atoms with van der Waals surface area (Å²) in [5.41, 5.74) is 1.24. The van der Waals surface area contributed by atoms with Gasteiger partial charge < -0.3 is 10.1 Å². The topological polar surface area (TPSA) is 73.2 Å². The maximum Gasteiger partial charge on any atom is 0.262 e. The molecule has 1 heterocycles. The SMILES string of the molecule is CCCCCCn1c(SCC(=O)Nc2ccccc2OCC)nc2ccccc2c1=O. The second kappa shape index (κ2) is 11.6. The van der Waals surface area contributed by atoms with Crippen molar-refractivity contribution in [2.45, 2.75) is 51.2 Å². The van der Waals surface area contributed by atoms with Crippen LogP contribution < -0.4 is 15.6 Å². The number of hydrogen-bond acceptors (Lipinski definition) is 5. The number of rotatable bonds is 11. The van der Waals surface area contributed by atoms with E-state index < -0.39 is 0 Å². The predicted octanol–water partition coefficient (Wildman–Crippen LogP) is 5.11. The highest BCUT2D eigenvalue weighted by Gasteiger charge is 2.14. The number of hydrogen-bond donors (Lipinski definition) is 1. The van der Waals surface area contributed by atoms with Crippen molar-refractivity contribution in [1.82, 2.24) is 9.55 Å². The molecule has 3 aromatic rings. The van der Waals surface area contributed by atoms with Crippen molar-refractivity contribution in [3.8, 4) is 5.75 Å². The molecule has 0 bridgehead atoms. The van der Waals surface area contributed by atoms with Crippen LogP contribution in [0.1, 0.15) is 39.5 Å². The van der Waals surface area contributed by atoms with E-state index in [0.717, 1.165) is 25.7 Å². The van der Waals surface area contributed by atoms with Crippen LogP contribution in [0.25, 0.3) is 10.9 Å². The number of fused-ring (bicyclic) bond motifs is 1. The van der Waals surface area contributed by atoms with E-state index in [1.54, 1.807) is 10.6 Å². The van der Waals surface area contributed by atoms with Crippen LogP contribution >= 0.6 is 11.8 Å². The van der Waals surface area contributed by atoms with Crippen LogP contribution in [-0.2, 0) is 11.3 Å². The van der Waals surface area contributed by atoms with E-state index in [1.165, 1.54) is 11.8 Å². The third-order valence-corrected chi connectivity index (χ3v) is 5.83. The maximum atomic E-state index is 13.1. The number of ether oxygens (including phenoxy) is 1. The second-order valence-electron chi connectivity index (χ2n) is 7.20. The number of nitrogens with zero attached hydrogens (tertiary/aromatic N) is 2. The molecule has 0 spiro atoms. The Balaban J connectivity index is 1.76. The van der Waals surface area contributed by atoms with Gasteiger partial charge in [-0.15, -0.1) is 0 Å².